The quantitative estimate of drug-likeness (QED) is 0.262. The zero-order chi connectivity index (χ0) is 30.1. The Morgan fingerprint density at radius 1 is 0.698 bits per heavy atom. The van der Waals surface area contributed by atoms with Gasteiger partial charge < -0.3 is 23.8 Å². The van der Waals surface area contributed by atoms with Gasteiger partial charge in [-0.1, -0.05) is 91.0 Å². The Kier molecular flexibility index (Phi) is 10.9. The van der Waals surface area contributed by atoms with Gasteiger partial charge in [0.15, 0.2) is 0 Å². The molecule has 0 aliphatic carbocycles. The van der Waals surface area contributed by atoms with Crippen LogP contribution < -0.4 is 0 Å². The normalized spacial score (nSPS) is 21.7. The molecule has 5 rings (SSSR count). The lowest BCUT2D eigenvalue weighted by Gasteiger charge is -2.43. The standard InChI is InChI=1S/C36H46N2O5/c1-36(2,3)43-35(39)38-20-19-31(22-38)21-37-23-32(40-25-28-13-7-4-8-14-28)34(42-27-30-17-11-6-12-18-30)33(24-37)41-26-29-15-9-5-10-16-29/h4-18,31-34H,19-27H2,1-3H3/t31-,32-,33-/m1/s1. The van der Waals surface area contributed by atoms with Crippen LogP contribution in [0.3, 0.4) is 0 Å². The van der Waals surface area contributed by atoms with Gasteiger partial charge in [-0.2, -0.15) is 0 Å². The van der Waals surface area contributed by atoms with Gasteiger partial charge in [0.2, 0.25) is 0 Å². The smallest absolute Gasteiger partial charge is 0.410 e. The average Bonchev–Trinajstić information content (AvgIpc) is 3.48. The Hall–Kier alpha value is -3.23. The Morgan fingerprint density at radius 2 is 1.16 bits per heavy atom. The fraction of sp³-hybridized carbons (Fsp3) is 0.472. The third-order valence-electron chi connectivity index (χ3n) is 7.96. The number of likely N-dealkylation sites (tertiary alicyclic amines) is 2. The number of hydrogen-bond acceptors (Lipinski definition) is 6. The number of ether oxygens (including phenoxy) is 4. The van der Waals surface area contributed by atoms with Crippen LogP contribution in [-0.4, -0.2) is 72.5 Å². The van der Waals surface area contributed by atoms with E-state index in [9.17, 15) is 4.79 Å². The number of hydrogen-bond donors (Lipinski definition) is 0. The predicted molar refractivity (Wildman–Crippen MR) is 167 cm³/mol. The first kappa shape index (κ1) is 31.2. The molecule has 230 valence electrons. The number of benzene rings is 3. The van der Waals surface area contributed by atoms with Gasteiger partial charge in [0, 0.05) is 32.7 Å². The second kappa shape index (κ2) is 15.0. The van der Waals surface area contributed by atoms with Crippen LogP contribution in [0.25, 0.3) is 0 Å². The molecule has 1 amide bonds. The van der Waals surface area contributed by atoms with Crippen LogP contribution in [0.15, 0.2) is 91.0 Å². The van der Waals surface area contributed by atoms with Gasteiger partial charge in [0.25, 0.3) is 0 Å². The predicted octanol–water partition coefficient (Wildman–Crippen LogP) is 6.32. The largest absolute Gasteiger partial charge is 0.444 e. The Morgan fingerprint density at radius 3 is 1.63 bits per heavy atom. The summed E-state index contributed by atoms with van der Waals surface area (Å²) in [6.07, 6.45) is 0.139. The summed E-state index contributed by atoms with van der Waals surface area (Å²) in [6, 6.07) is 30.8. The Bertz CT molecular complexity index is 1200. The Balaban J connectivity index is 1.30. The molecule has 2 aliphatic heterocycles. The molecule has 2 saturated heterocycles. The van der Waals surface area contributed by atoms with E-state index in [-0.39, 0.29) is 24.4 Å². The molecule has 0 unspecified atom stereocenters. The molecule has 0 saturated carbocycles. The number of piperidine rings is 1. The molecule has 0 spiro atoms. The molecular weight excluding hydrogens is 540 g/mol. The zero-order valence-electron chi connectivity index (χ0n) is 25.8. The SMILES string of the molecule is CC(C)(C)OC(=O)N1CC[C@H](CN2C[C@@H](OCc3ccccc3)C(OCc3ccccc3)[C@H](OCc3ccccc3)C2)C1. The summed E-state index contributed by atoms with van der Waals surface area (Å²) < 4.78 is 25.5. The molecule has 7 nitrogen and oxygen atoms in total. The van der Waals surface area contributed by atoms with Crippen LogP contribution in [0.5, 0.6) is 0 Å². The fourth-order valence-electron chi connectivity index (χ4n) is 5.85. The van der Waals surface area contributed by atoms with Crippen molar-refractivity contribution in [3.63, 3.8) is 0 Å². The highest BCUT2D eigenvalue weighted by Crippen LogP contribution is 2.27. The maximum Gasteiger partial charge on any atom is 0.410 e. The molecule has 7 heteroatoms. The van der Waals surface area contributed by atoms with Crippen molar-refractivity contribution in [3.05, 3.63) is 108 Å². The van der Waals surface area contributed by atoms with E-state index < -0.39 is 5.60 Å². The van der Waals surface area contributed by atoms with Crippen molar-refractivity contribution >= 4 is 6.09 Å². The molecule has 2 aliphatic rings. The topological polar surface area (TPSA) is 60.5 Å². The maximum atomic E-state index is 12.7. The Labute approximate surface area is 256 Å². The van der Waals surface area contributed by atoms with Gasteiger partial charge in [-0.3, -0.25) is 4.90 Å². The minimum atomic E-state index is -0.497. The van der Waals surface area contributed by atoms with E-state index in [2.05, 4.69) is 41.3 Å². The van der Waals surface area contributed by atoms with Gasteiger partial charge in [0.05, 0.1) is 32.0 Å². The summed E-state index contributed by atoms with van der Waals surface area (Å²) in [6.45, 7) is 11.0. The van der Waals surface area contributed by atoms with Crippen molar-refractivity contribution in [3.8, 4) is 0 Å². The van der Waals surface area contributed by atoms with E-state index in [0.717, 1.165) is 49.3 Å². The first-order chi connectivity index (χ1) is 20.8. The number of nitrogens with zero attached hydrogens (tertiary/aromatic N) is 2. The highest BCUT2D eigenvalue weighted by molar-refractivity contribution is 5.68. The molecule has 43 heavy (non-hydrogen) atoms. The molecule has 2 fully saturated rings. The molecule has 0 radical (unpaired) electrons. The second-order valence-electron chi connectivity index (χ2n) is 12.7. The van der Waals surface area contributed by atoms with Gasteiger partial charge in [-0.25, -0.2) is 4.79 Å². The summed E-state index contributed by atoms with van der Waals surface area (Å²) in [5, 5.41) is 0. The molecule has 3 aromatic carbocycles. The minimum absolute atomic E-state index is 0.179. The first-order valence-electron chi connectivity index (χ1n) is 15.5. The van der Waals surface area contributed by atoms with Crippen LogP contribution in [0, 0.1) is 5.92 Å². The van der Waals surface area contributed by atoms with Gasteiger partial charge in [-0.15, -0.1) is 0 Å². The number of carbonyl (C=O) groups is 1. The lowest BCUT2D eigenvalue weighted by Crippen LogP contribution is -2.58. The van der Waals surface area contributed by atoms with Gasteiger partial charge in [-0.05, 0) is 49.8 Å². The van der Waals surface area contributed by atoms with Crippen LogP contribution in [0.4, 0.5) is 4.79 Å². The van der Waals surface area contributed by atoms with Crippen LogP contribution in [0.2, 0.25) is 0 Å². The maximum absolute atomic E-state index is 12.7. The third kappa shape index (κ3) is 9.63. The van der Waals surface area contributed by atoms with E-state index in [4.69, 9.17) is 18.9 Å². The number of rotatable bonds is 11. The number of carbonyl (C=O) groups excluding carboxylic acids is 1. The van der Waals surface area contributed by atoms with Gasteiger partial charge in [0.1, 0.15) is 11.7 Å². The van der Waals surface area contributed by atoms with Crippen molar-refractivity contribution in [1.82, 2.24) is 9.80 Å². The van der Waals surface area contributed by atoms with E-state index in [1.54, 1.807) is 0 Å². The lowest BCUT2D eigenvalue weighted by molar-refractivity contribution is -0.185. The van der Waals surface area contributed by atoms with Gasteiger partial charge >= 0.3 is 6.09 Å². The first-order valence-corrected chi connectivity index (χ1v) is 15.5. The second-order valence-corrected chi connectivity index (χ2v) is 12.7. The van der Waals surface area contributed by atoms with Crippen molar-refractivity contribution in [2.24, 2.45) is 5.92 Å². The van der Waals surface area contributed by atoms with Crippen molar-refractivity contribution in [1.29, 1.82) is 0 Å². The van der Waals surface area contributed by atoms with Crippen LogP contribution >= 0.6 is 0 Å². The van der Waals surface area contributed by atoms with Crippen LogP contribution in [-0.2, 0) is 38.8 Å². The molecule has 0 aromatic heterocycles. The summed E-state index contributed by atoms with van der Waals surface area (Å²) in [4.78, 5) is 17.0. The molecule has 0 bridgehead atoms. The summed E-state index contributed by atoms with van der Waals surface area (Å²) in [5.74, 6) is 0.360. The molecule has 0 N–H and O–H groups in total. The third-order valence-corrected chi connectivity index (χ3v) is 7.96. The molecule has 3 atom stereocenters. The van der Waals surface area contributed by atoms with E-state index >= 15 is 0 Å². The van der Waals surface area contributed by atoms with Crippen molar-refractivity contribution in [2.75, 3.05) is 32.7 Å². The summed E-state index contributed by atoms with van der Waals surface area (Å²) >= 11 is 0. The minimum Gasteiger partial charge on any atom is -0.444 e. The monoisotopic (exact) mass is 586 g/mol. The van der Waals surface area contributed by atoms with Crippen molar-refractivity contribution < 1.29 is 23.7 Å². The molecule has 3 aromatic rings. The number of amides is 1. The highest BCUT2D eigenvalue weighted by atomic mass is 16.6. The van der Waals surface area contributed by atoms with E-state index in [1.165, 1.54) is 0 Å². The highest BCUT2D eigenvalue weighted by Gasteiger charge is 2.41. The molecular formula is C36H46N2O5. The average molecular weight is 587 g/mol. The van der Waals surface area contributed by atoms with E-state index in [1.807, 2.05) is 80.3 Å². The summed E-state index contributed by atoms with van der Waals surface area (Å²) in [7, 11) is 0. The van der Waals surface area contributed by atoms with Crippen LogP contribution in [0.1, 0.15) is 43.9 Å². The lowest BCUT2D eigenvalue weighted by atomic mass is 9.98. The zero-order valence-corrected chi connectivity index (χ0v) is 25.8. The molecule has 2 heterocycles. The van der Waals surface area contributed by atoms with E-state index in [0.29, 0.717) is 32.3 Å². The fourth-order valence-corrected chi connectivity index (χ4v) is 5.85. The van der Waals surface area contributed by atoms with Crippen molar-refractivity contribution in [2.45, 2.75) is 70.9 Å². The summed E-state index contributed by atoms with van der Waals surface area (Å²) in [5.41, 5.74) is 2.89.